The molecule has 1 aromatic heterocycles. The van der Waals surface area contributed by atoms with Crippen molar-refractivity contribution in [2.24, 2.45) is 0 Å². The van der Waals surface area contributed by atoms with Crippen LogP contribution in [0.5, 0.6) is 0 Å². The van der Waals surface area contributed by atoms with Gasteiger partial charge in [0.25, 0.3) is 0 Å². The van der Waals surface area contributed by atoms with E-state index in [0.29, 0.717) is 0 Å². The summed E-state index contributed by atoms with van der Waals surface area (Å²) < 4.78 is 1.32. The van der Waals surface area contributed by atoms with Gasteiger partial charge in [-0.3, -0.25) is 0 Å². The normalized spacial score (nSPS) is 13.1. The second-order valence-corrected chi connectivity index (χ2v) is 5.91. The lowest BCUT2D eigenvalue weighted by Crippen LogP contribution is -1.82. The van der Waals surface area contributed by atoms with E-state index in [-0.39, 0.29) is 0 Å². The summed E-state index contributed by atoms with van der Waals surface area (Å²) in [5.74, 6) is 6.64. The lowest BCUT2D eigenvalue weighted by Gasteiger charge is -2.03. The lowest BCUT2D eigenvalue weighted by atomic mass is 10.0. The highest BCUT2D eigenvalue weighted by Crippen LogP contribution is 2.35. The van der Waals surface area contributed by atoms with Crippen molar-refractivity contribution in [3.8, 4) is 11.8 Å². The van der Waals surface area contributed by atoms with Gasteiger partial charge in [-0.2, -0.15) is 0 Å². The zero-order chi connectivity index (χ0) is 13.4. The molecule has 4 rings (SSSR count). The van der Waals surface area contributed by atoms with Crippen LogP contribution in [0.4, 0.5) is 0 Å². The molecule has 1 aliphatic rings. The highest BCUT2D eigenvalue weighted by atomic mass is 32.1. The van der Waals surface area contributed by atoms with Gasteiger partial charge in [0.15, 0.2) is 0 Å². The van der Waals surface area contributed by atoms with Gasteiger partial charge in [-0.1, -0.05) is 60.4 Å². The Labute approximate surface area is 122 Å². The molecule has 1 heteroatoms. The van der Waals surface area contributed by atoms with Crippen LogP contribution in [0.15, 0.2) is 54.6 Å². The van der Waals surface area contributed by atoms with Crippen molar-refractivity contribution >= 4 is 33.1 Å². The molecule has 0 N–H and O–H groups in total. The Balaban J connectivity index is 1.96. The van der Waals surface area contributed by atoms with Gasteiger partial charge in [0.2, 0.25) is 0 Å². The first-order chi connectivity index (χ1) is 9.92. The van der Waals surface area contributed by atoms with E-state index in [1.165, 1.54) is 31.7 Å². The summed E-state index contributed by atoms with van der Waals surface area (Å²) in [6, 6.07) is 19.1. The van der Waals surface area contributed by atoms with Crippen molar-refractivity contribution < 1.29 is 0 Å². The number of thiophene rings is 1. The molecule has 0 fully saturated rings. The minimum atomic E-state index is 0.819. The van der Waals surface area contributed by atoms with E-state index >= 15 is 0 Å². The molecule has 0 amide bonds. The number of fused-ring (bicyclic) bond motifs is 3. The maximum absolute atomic E-state index is 3.33. The zero-order valence-electron chi connectivity index (χ0n) is 10.9. The van der Waals surface area contributed by atoms with Crippen molar-refractivity contribution in [3.63, 3.8) is 0 Å². The van der Waals surface area contributed by atoms with Gasteiger partial charge in [0.1, 0.15) is 0 Å². The first-order valence-corrected chi connectivity index (χ1v) is 7.50. The van der Waals surface area contributed by atoms with E-state index in [0.717, 1.165) is 6.42 Å². The molecule has 1 heterocycles. The Hall–Kier alpha value is -2.30. The van der Waals surface area contributed by atoms with Crippen LogP contribution < -0.4 is 0 Å². The van der Waals surface area contributed by atoms with Crippen molar-refractivity contribution in [2.45, 2.75) is 6.42 Å². The third-order valence-corrected chi connectivity index (χ3v) is 4.68. The van der Waals surface area contributed by atoms with Crippen LogP contribution in [0.2, 0.25) is 0 Å². The molecule has 0 bridgehead atoms. The van der Waals surface area contributed by atoms with E-state index in [2.05, 4.69) is 72.5 Å². The summed E-state index contributed by atoms with van der Waals surface area (Å²) in [5, 5.41) is 1.32. The fraction of sp³-hybridized carbons (Fsp3) is 0.0526. The Morgan fingerprint density at radius 1 is 0.900 bits per heavy atom. The van der Waals surface area contributed by atoms with Gasteiger partial charge in [-0.15, -0.1) is 11.3 Å². The zero-order valence-corrected chi connectivity index (χ0v) is 11.7. The minimum absolute atomic E-state index is 0.819. The van der Waals surface area contributed by atoms with Gasteiger partial charge in [-0.25, -0.2) is 0 Å². The monoisotopic (exact) mass is 272 g/mol. The number of rotatable bonds is 1. The average molecular weight is 272 g/mol. The van der Waals surface area contributed by atoms with Gasteiger partial charge in [0.05, 0.1) is 4.88 Å². The second-order valence-electron chi connectivity index (χ2n) is 4.86. The van der Waals surface area contributed by atoms with Gasteiger partial charge in [-0.05, 0) is 23.3 Å². The molecule has 2 aromatic carbocycles. The molecule has 94 valence electrons. The number of hydrogen-bond donors (Lipinski definition) is 0. The minimum Gasteiger partial charge on any atom is -0.126 e. The van der Waals surface area contributed by atoms with E-state index in [9.17, 15) is 0 Å². The molecule has 20 heavy (non-hydrogen) atoms. The largest absolute Gasteiger partial charge is 0.126 e. The van der Waals surface area contributed by atoms with Crippen LogP contribution in [0.1, 0.15) is 22.4 Å². The van der Waals surface area contributed by atoms with Crippen LogP contribution >= 0.6 is 11.3 Å². The number of hydrogen-bond acceptors (Lipinski definition) is 1. The smallest absolute Gasteiger partial charge is 0.0853 e. The predicted molar refractivity (Wildman–Crippen MR) is 87.6 cm³/mol. The number of benzene rings is 2. The van der Waals surface area contributed by atoms with Gasteiger partial charge in [0, 0.05) is 22.1 Å². The van der Waals surface area contributed by atoms with Crippen LogP contribution in [-0.4, -0.2) is 0 Å². The molecule has 0 radical (unpaired) electrons. The molecule has 3 aromatic rings. The van der Waals surface area contributed by atoms with Crippen LogP contribution in [0.3, 0.4) is 0 Å². The second kappa shape index (κ2) is 4.67. The Morgan fingerprint density at radius 2 is 1.70 bits per heavy atom. The summed E-state index contributed by atoms with van der Waals surface area (Å²) in [6.07, 6.45) is 3.12. The van der Waals surface area contributed by atoms with Gasteiger partial charge < -0.3 is 0 Å². The summed E-state index contributed by atoms with van der Waals surface area (Å²) in [4.78, 5) is 1.19. The van der Waals surface area contributed by atoms with Crippen molar-refractivity contribution in [1.29, 1.82) is 0 Å². The third kappa shape index (κ3) is 1.86. The van der Waals surface area contributed by atoms with Crippen molar-refractivity contribution in [3.05, 3.63) is 70.6 Å². The van der Waals surface area contributed by atoms with Crippen LogP contribution in [-0.2, 0) is 0 Å². The van der Waals surface area contributed by atoms with E-state index in [1.807, 2.05) is 0 Å². The van der Waals surface area contributed by atoms with E-state index in [4.69, 9.17) is 0 Å². The van der Waals surface area contributed by atoms with Crippen molar-refractivity contribution in [1.82, 2.24) is 0 Å². The first kappa shape index (κ1) is 11.5. The number of allylic oxidation sites excluding steroid dienone is 1. The lowest BCUT2D eigenvalue weighted by molar-refractivity contribution is 1.46. The topological polar surface area (TPSA) is 0 Å². The third-order valence-electron chi connectivity index (χ3n) is 3.58. The van der Waals surface area contributed by atoms with Crippen LogP contribution in [0, 0.1) is 11.8 Å². The summed E-state index contributed by atoms with van der Waals surface area (Å²) >= 11 is 1.79. The fourth-order valence-corrected chi connectivity index (χ4v) is 3.64. The molecular weight excluding hydrogens is 260 g/mol. The molecular formula is C19H12S. The maximum Gasteiger partial charge on any atom is 0.0853 e. The van der Waals surface area contributed by atoms with Crippen LogP contribution in [0.25, 0.3) is 21.7 Å². The standard InChI is InChI=1S/C19H12S/c1-2-7-14(8-3-1)15-9-6-12-19-17(13-15)16-10-4-5-11-18(16)20-19/h1-5,7-8,10-11,13H,9H2. The Kier molecular flexibility index (Phi) is 2.69. The van der Waals surface area contributed by atoms with E-state index < -0.39 is 0 Å². The summed E-state index contributed by atoms with van der Waals surface area (Å²) in [6.45, 7) is 0. The molecule has 0 saturated heterocycles. The molecule has 0 spiro atoms. The van der Waals surface area contributed by atoms with Crippen molar-refractivity contribution in [2.75, 3.05) is 0 Å². The molecule has 0 nitrogen and oxygen atoms in total. The molecule has 0 saturated carbocycles. The quantitative estimate of drug-likeness (QED) is 0.534. The summed E-state index contributed by atoms with van der Waals surface area (Å²) in [7, 11) is 0. The molecule has 0 unspecified atom stereocenters. The fourth-order valence-electron chi connectivity index (χ4n) is 2.58. The first-order valence-electron chi connectivity index (χ1n) is 6.68. The molecule has 0 atom stereocenters. The average Bonchev–Trinajstić information content (AvgIpc) is 2.71. The van der Waals surface area contributed by atoms with E-state index in [1.54, 1.807) is 11.3 Å². The summed E-state index contributed by atoms with van der Waals surface area (Å²) in [5.41, 5.74) is 3.86. The van der Waals surface area contributed by atoms with Gasteiger partial charge >= 0.3 is 0 Å². The SMILES string of the molecule is C1#Cc2sc3ccccc3c2C=C(c2ccccc2)C1. The Morgan fingerprint density at radius 3 is 2.60 bits per heavy atom. The Bertz CT molecular complexity index is 870. The molecule has 1 aliphatic carbocycles. The molecule has 0 aliphatic heterocycles. The highest BCUT2D eigenvalue weighted by molar-refractivity contribution is 7.19. The highest BCUT2D eigenvalue weighted by Gasteiger charge is 2.12. The predicted octanol–water partition coefficient (Wildman–Crippen LogP) is 5.20. The maximum atomic E-state index is 3.33.